The number of para-hydroxylation sites is 1. The summed E-state index contributed by atoms with van der Waals surface area (Å²) in [5.74, 6) is 2.29. The van der Waals surface area contributed by atoms with Crippen molar-refractivity contribution in [1.29, 1.82) is 0 Å². The van der Waals surface area contributed by atoms with Gasteiger partial charge < -0.3 is 14.8 Å². The van der Waals surface area contributed by atoms with E-state index in [2.05, 4.69) is 15.3 Å². The van der Waals surface area contributed by atoms with Crippen LogP contribution in [-0.2, 0) is 0 Å². The zero-order valence-corrected chi connectivity index (χ0v) is 11.5. The summed E-state index contributed by atoms with van der Waals surface area (Å²) in [5, 5.41) is 4.31. The zero-order valence-electron chi connectivity index (χ0n) is 11.5. The molecule has 5 nitrogen and oxygen atoms in total. The number of hydrogen-bond acceptors (Lipinski definition) is 5. The van der Waals surface area contributed by atoms with Crippen LogP contribution in [0.15, 0.2) is 42.7 Å². The van der Waals surface area contributed by atoms with E-state index in [0.717, 1.165) is 39.5 Å². The van der Waals surface area contributed by atoms with E-state index in [4.69, 9.17) is 9.47 Å². The predicted molar refractivity (Wildman–Crippen MR) is 80.1 cm³/mol. The molecule has 0 spiro atoms. The van der Waals surface area contributed by atoms with E-state index < -0.39 is 0 Å². The molecule has 5 heteroatoms. The quantitative estimate of drug-likeness (QED) is 0.779. The van der Waals surface area contributed by atoms with E-state index in [1.54, 1.807) is 6.33 Å². The average Bonchev–Trinajstić information content (AvgIpc) is 2.96. The molecule has 1 N–H and O–H groups in total. The van der Waals surface area contributed by atoms with E-state index in [0.29, 0.717) is 0 Å². The van der Waals surface area contributed by atoms with Crippen molar-refractivity contribution >= 4 is 22.4 Å². The number of anilines is 2. The van der Waals surface area contributed by atoms with Crippen LogP contribution < -0.4 is 14.8 Å². The van der Waals surface area contributed by atoms with Gasteiger partial charge in [0.15, 0.2) is 11.5 Å². The van der Waals surface area contributed by atoms with Crippen molar-refractivity contribution in [1.82, 2.24) is 9.97 Å². The molecular weight excluding hydrogens is 266 g/mol. The highest BCUT2D eigenvalue weighted by Crippen LogP contribution is 2.35. The number of nitrogens with one attached hydrogen (secondary N) is 1. The lowest BCUT2D eigenvalue weighted by Gasteiger charge is -2.09. The molecule has 1 aromatic heterocycles. The number of aryl methyl sites for hydroxylation is 1. The Morgan fingerprint density at radius 1 is 1.05 bits per heavy atom. The standard InChI is InChI=1S/C16H13N3O2/c1-10-3-2-4-12-15(10)17-8-18-16(12)19-11-5-6-13-14(7-11)21-9-20-13/h2-8H,9H2,1H3,(H,17,18,19). The molecular formula is C16H13N3O2. The van der Waals surface area contributed by atoms with Crippen molar-refractivity contribution in [3.63, 3.8) is 0 Å². The fraction of sp³-hybridized carbons (Fsp3) is 0.125. The molecule has 0 amide bonds. The highest BCUT2D eigenvalue weighted by Gasteiger charge is 2.14. The second-order valence-corrected chi connectivity index (χ2v) is 4.89. The van der Waals surface area contributed by atoms with Crippen molar-refractivity contribution in [2.45, 2.75) is 6.92 Å². The van der Waals surface area contributed by atoms with Crippen molar-refractivity contribution in [3.8, 4) is 11.5 Å². The SMILES string of the molecule is Cc1cccc2c(Nc3ccc4c(c3)OCO4)ncnc12. The molecule has 2 heterocycles. The van der Waals surface area contributed by atoms with E-state index in [1.165, 1.54) is 0 Å². The molecule has 21 heavy (non-hydrogen) atoms. The lowest BCUT2D eigenvalue weighted by Crippen LogP contribution is -1.96. The van der Waals surface area contributed by atoms with Crippen LogP contribution in [0.5, 0.6) is 11.5 Å². The normalized spacial score (nSPS) is 12.6. The average molecular weight is 279 g/mol. The number of benzene rings is 2. The first-order valence-electron chi connectivity index (χ1n) is 6.68. The summed E-state index contributed by atoms with van der Waals surface area (Å²) in [6.07, 6.45) is 1.57. The minimum atomic E-state index is 0.272. The summed E-state index contributed by atoms with van der Waals surface area (Å²) in [4.78, 5) is 8.69. The van der Waals surface area contributed by atoms with E-state index in [-0.39, 0.29) is 6.79 Å². The Labute approximate surface area is 121 Å². The van der Waals surface area contributed by atoms with Crippen LogP contribution in [-0.4, -0.2) is 16.8 Å². The van der Waals surface area contributed by atoms with Crippen molar-refractivity contribution in [3.05, 3.63) is 48.3 Å². The van der Waals surface area contributed by atoms with Crippen LogP contribution in [0, 0.1) is 6.92 Å². The molecule has 0 bridgehead atoms. The van der Waals surface area contributed by atoms with Crippen LogP contribution in [0.1, 0.15) is 5.56 Å². The monoisotopic (exact) mass is 279 g/mol. The first-order valence-corrected chi connectivity index (χ1v) is 6.68. The van der Waals surface area contributed by atoms with Gasteiger partial charge in [-0.3, -0.25) is 0 Å². The van der Waals surface area contributed by atoms with Gasteiger partial charge in [0, 0.05) is 17.1 Å². The number of ether oxygens (including phenoxy) is 2. The molecule has 104 valence electrons. The third-order valence-corrected chi connectivity index (χ3v) is 3.50. The van der Waals surface area contributed by atoms with Crippen molar-refractivity contribution in [2.75, 3.05) is 12.1 Å². The Bertz CT molecular complexity index is 833. The van der Waals surface area contributed by atoms with Gasteiger partial charge >= 0.3 is 0 Å². The number of fused-ring (bicyclic) bond motifs is 2. The van der Waals surface area contributed by atoms with Gasteiger partial charge in [-0.15, -0.1) is 0 Å². The summed E-state index contributed by atoms with van der Waals surface area (Å²) in [7, 11) is 0. The molecule has 3 aromatic rings. The van der Waals surface area contributed by atoms with Gasteiger partial charge in [-0.25, -0.2) is 9.97 Å². The van der Waals surface area contributed by atoms with Gasteiger partial charge in [0.1, 0.15) is 12.1 Å². The fourth-order valence-electron chi connectivity index (χ4n) is 2.45. The van der Waals surface area contributed by atoms with Crippen molar-refractivity contribution in [2.24, 2.45) is 0 Å². The molecule has 1 aliphatic rings. The third kappa shape index (κ3) is 2.03. The van der Waals surface area contributed by atoms with Crippen LogP contribution in [0.2, 0.25) is 0 Å². The van der Waals surface area contributed by atoms with Gasteiger partial charge in [-0.2, -0.15) is 0 Å². The summed E-state index contributed by atoms with van der Waals surface area (Å²) in [6, 6.07) is 11.8. The van der Waals surface area contributed by atoms with E-state index >= 15 is 0 Å². The zero-order chi connectivity index (χ0) is 14.2. The largest absolute Gasteiger partial charge is 0.454 e. The highest BCUT2D eigenvalue weighted by molar-refractivity contribution is 5.92. The molecule has 0 fully saturated rings. The third-order valence-electron chi connectivity index (χ3n) is 3.50. The van der Waals surface area contributed by atoms with Crippen LogP contribution in [0.25, 0.3) is 10.9 Å². The maximum Gasteiger partial charge on any atom is 0.231 e. The smallest absolute Gasteiger partial charge is 0.231 e. The van der Waals surface area contributed by atoms with Gasteiger partial charge in [0.2, 0.25) is 6.79 Å². The summed E-state index contributed by atoms with van der Waals surface area (Å²) >= 11 is 0. The predicted octanol–water partition coefficient (Wildman–Crippen LogP) is 3.41. The second-order valence-electron chi connectivity index (χ2n) is 4.89. The van der Waals surface area contributed by atoms with Gasteiger partial charge in [0.05, 0.1) is 5.52 Å². The van der Waals surface area contributed by atoms with Gasteiger partial charge in [0.25, 0.3) is 0 Å². The second kappa shape index (κ2) is 4.63. The highest BCUT2D eigenvalue weighted by atomic mass is 16.7. The van der Waals surface area contributed by atoms with Gasteiger partial charge in [-0.1, -0.05) is 12.1 Å². The topological polar surface area (TPSA) is 56.3 Å². The molecule has 0 atom stereocenters. The Kier molecular flexibility index (Phi) is 2.64. The van der Waals surface area contributed by atoms with Crippen LogP contribution in [0.3, 0.4) is 0 Å². The summed E-state index contributed by atoms with van der Waals surface area (Å²) < 4.78 is 10.7. The number of hydrogen-bond donors (Lipinski definition) is 1. The van der Waals surface area contributed by atoms with Crippen LogP contribution in [0.4, 0.5) is 11.5 Å². The molecule has 0 unspecified atom stereocenters. The number of nitrogens with zero attached hydrogens (tertiary/aromatic N) is 2. The van der Waals surface area contributed by atoms with E-state index in [1.807, 2.05) is 43.3 Å². The Hall–Kier alpha value is -2.82. The first kappa shape index (κ1) is 12.0. The fourth-order valence-corrected chi connectivity index (χ4v) is 2.45. The lowest BCUT2D eigenvalue weighted by atomic mass is 10.1. The van der Waals surface area contributed by atoms with E-state index in [9.17, 15) is 0 Å². The molecule has 0 saturated heterocycles. The number of rotatable bonds is 2. The molecule has 0 aliphatic carbocycles. The summed E-state index contributed by atoms with van der Waals surface area (Å²) in [6.45, 7) is 2.31. The molecule has 0 saturated carbocycles. The maximum absolute atomic E-state index is 5.39. The minimum absolute atomic E-state index is 0.272. The lowest BCUT2D eigenvalue weighted by molar-refractivity contribution is 0.174. The van der Waals surface area contributed by atoms with Crippen LogP contribution >= 0.6 is 0 Å². The number of aromatic nitrogens is 2. The maximum atomic E-state index is 5.39. The van der Waals surface area contributed by atoms with Gasteiger partial charge in [-0.05, 0) is 30.7 Å². The molecule has 0 radical (unpaired) electrons. The Morgan fingerprint density at radius 2 is 1.95 bits per heavy atom. The molecule has 2 aromatic carbocycles. The minimum Gasteiger partial charge on any atom is -0.454 e. The summed E-state index contributed by atoms with van der Waals surface area (Å²) in [5.41, 5.74) is 2.99. The molecule has 4 rings (SSSR count). The first-order chi connectivity index (χ1) is 10.3. The Balaban J connectivity index is 1.76. The Morgan fingerprint density at radius 3 is 2.90 bits per heavy atom. The van der Waals surface area contributed by atoms with Crippen molar-refractivity contribution < 1.29 is 9.47 Å². The molecule has 1 aliphatic heterocycles.